The molecule has 0 saturated carbocycles. The lowest BCUT2D eigenvalue weighted by Crippen LogP contribution is -2.39. The van der Waals surface area contributed by atoms with Gasteiger partial charge in [-0.1, -0.05) is 30.3 Å². The van der Waals surface area contributed by atoms with Crippen molar-refractivity contribution in [1.29, 1.82) is 0 Å². The van der Waals surface area contributed by atoms with Gasteiger partial charge in [-0.25, -0.2) is 4.79 Å². The van der Waals surface area contributed by atoms with Gasteiger partial charge in [0, 0.05) is 6.54 Å². The van der Waals surface area contributed by atoms with Crippen LogP contribution in [0.15, 0.2) is 30.3 Å². The molecule has 1 aromatic carbocycles. The van der Waals surface area contributed by atoms with E-state index in [1.165, 1.54) is 0 Å². The Kier molecular flexibility index (Phi) is 3.61. The van der Waals surface area contributed by atoms with Crippen LogP contribution in [0.2, 0.25) is 0 Å². The number of aliphatic hydroxyl groups excluding tert-OH is 2. The van der Waals surface area contributed by atoms with Crippen molar-refractivity contribution in [2.24, 2.45) is 0 Å². The van der Waals surface area contributed by atoms with E-state index in [0.29, 0.717) is 13.0 Å². The van der Waals surface area contributed by atoms with Crippen LogP contribution >= 0.6 is 0 Å². The number of ether oxygens (including phenoxy) is 1. The third kappa shape index (κ3) is 2.75. The lowest BCUT2D eigenvalue weighted by molar-refractivity contribution is -0.0340. The SMILES string of the molecule is O=C(OCc1ccccc1)N1CC[C@@H](O)[C@H]1O. The molecule has 1 amide bonds. The molecular formula is C12H15NO4. The highest BCUT2D eigenvalue weighted by Gasteiger charge is 2.35. The van der Waals surface area contributed by atoms with E-state index in [0.717, 1.165) is 10.5 Å². The summed E-state index contributed by atoms with van der Waals surface area (Å²) in [4.78, 5) is 12.7. The molecule has 1 aliphatic heterocycles. The number of likely N-dealkylation sites (tertiary alicyclic amines) is 1. The van der Waals surface area contributed by atoms with Gasteiger partial charge < -0.3 is 14.9 Å². The molecule has 0 aliphatic carbocycles. The average molecular weight is 237 g/mol. The minimum Gasteiger partial charge on any atom is -0.444 e. The lowest BCUT2D eigenvalue weighted by Gasteiger charge is -2.20. The summed E-state index contributed by atoms with van der Waals surface area (Å²) in [6.07, 6.45) is -2.25. The molecule has 1 saturated heterocycles. The summed E-state index contributed by atoms with van der Waals surface area (Å²) >= 11 is 0. The second kappa shape index (κ2) is 5.16. The van der Waals surface area contributed by atoms with Gasteiger partial charge in [0.2, 0.25) is 0 Å². The smallest absolute Gasteiger partial charge is 0.412 e. The molecule has 1 aliphatic rings. The first kappa shape index (κ1) is 11.9. The van der Waals surface area contributed by atoms with Crippen LogP contribution in [0.25, 0.3) is 0 Å². The van der Waals surface area contributed by atoms with Gasteiger partial charge in [-0.05, 0) is 12.0 Å². The monoisotopic (exact) mass is 237 g/mol. The van der Waals surface area contributed by atoms with Crippen LogP contribution in [-0.4, -0.2) is 40.1 Å². The van der Waals surface area contributed by atoms with Crippen molar-refractivity contribution in [3.05, 3.63) is 35.9 Å². The molecule has 92 valence electrons. The van der Waals surface area contributed by atoms with Crippen LogP contribution in [0.1, 0.15) is 12.0 Å². The number of carbonyl (C=O) groups excluding carboxylic acids is 1. The van der Waals surface area contributed by atoms with E-state index in [-0.39, 0.29) is 6.61 Å². The van der Waals surface area contributed by atoms with E-state index in [9.17, 15) is 15.0 Å². The average Bonchev–Trinajstić information content (AvgIpc) is 2.69. The lowest BCUT2D eigenvalue weighted by atomic mass is 10.2. The molecule has 1 aromatic rings. The predicted octanol–water partition coefficient (Wildman–Crippen LogP) is 0.708. The largest absolute Gasteiger partial charge is 0.444 e. The van der Waals surface area contributed by atoms with Crippen LogP contribution in [0.5, 0.6) is 0 Å². The zero-order valence-corrected chi connectivity index (χ0v) is 9.32. The highest BCUT2D eigenvalue weighted by Crippen LogP contribution is 2.17. The van der Waals surface area contributed by atoms with Gasteiger partial charge in [-0.15, -0.1) is 0 Å². The number of aliphatic hydroxyl groups is 2. The number of benzene rings is 1. The minimum absolute atomic E-state index is 0.166. The Morgan fingerprint density at radius 3 is 2.65 bits per heavy atom. The van der Waals surface area contributed by atoms with E-state index in [1.807, 2.05) is 30.3 Å². The van der Waals surface area contributed by atoms with Crippen molar-refractivity contribution in [3.8, 4) is 0 Å². The summed E-state index contributed by atoms with van der Waals surface area (Å²) < 4.78 is 5.05. The molecule has 5 nitrogen and oxygen atoms in total. The predicted molar refractivity (Wildman–Crippen MR) is 60.0 cm³/mol. The highest BCUT2D eigenvalue weighted by molar-refractivity contribution is 5.68. The summed E-state index contributed by atoms with van der Waals surface area (Å²) in [5.74, 6) is 0. The van der Waals surface area contributed by atoms with Crippen LogP contribution in [0.4, 0.5) is 4.79 Å². The molecule has 2 atom stereocenters. The van der Waals surface area contributed by atoms with Gasteiger partial charge in [-0.2, -0.15) is 0 Å². The first-order valence-electron chi connectivity index (χ1n) is 5.52. The third-order valence-corrected chi connectivity index (χ3v) is 2.77. The van der Waals surface area contributed by atoms with Crippen LogP contribution in [-0.2, 0) is 11.3 Å². The maximum absolute atomic E-state index is 11.6. The molecule has 2 rings (SSSR count). The van der Waals surface area contributed by atoms with Gasteiger partial charge in [0.15, 0.2) is 6.23 Å². The normalized spacial score (nSPS) is 23.8. The maximum Gasteiger partial charge on any atom is 0.412 e. The Hall–Kier alpha value is -1.59. The molecule has 1 fully saturated rings. The van der Waals surface area contributed by atoms with Crippen LogP contribution < -0.4 is 0 Å². The van der Waals surface area contributed by atoms with Gasteiger partial charge in [0.25, 0.3) is 0 Å². The topological polar surface area (TPSA) is 70.0 Å². The number of carbonyl (C=O) groups is 1. The third-order valence-electron chi connectivity index (χ3n) is 2.77. The molecule has 0 unspecified atom stereocenters. The molecule has 0 bridgehead atoms. The summed E-state index contributed by atoms with van der Waals surface area (Å²) in [5, 5.41) is 18.8. The van der Waals surface area contributed by atoms with Crippen molar-refractivity contribution >= 4 is 6.09 Å². The Bertz CT molecular complexity index is 381. The van der Waals surface area contributed by atoms with E-state index in [4.69, 9.17) is 4.74 Å². The van der Waals surface area contributed by atoms with Crippen molar-refractivity contribution in [2.75, 3.05) is 6.54 Å². The molecule has 17 heavy (non-hydrogen) atoms. The number of rotatable bonds is 2. The zero-order valence-electron chi connectivity index (χ0n) is 9.32. The fourth-order valence-corrected chi connectivity index (χ4v) is 1.76. The first-order valence-corrected chi connectivity index (χ1v) is 5.52. The molecule has 0 radical (unpaired) electrons. The Morgan fingerprint density at radius 1 is 1.35 bits per heavy atom. The summed E-state index contributed by atoms with van der Waals surface area (Å²) in [6, 6.07) is 9.30. The van der Waals surface area contributed by atoms with Gasteiger partial charge in [0.05, 0.1) is 0 Å². The van der Waals surface area contributed by atoms with Crippen molar-refractivity contribution in [2.45, 2.75) is 25.4 Å². The quantitative estimate of drug-likeness (QED) is 0.794. The summed E-state index contributed by atoms with van der Waals surface area (Å²) in [7, 11) is 0. The summed E-state index contributed by atoms with van der Waals surface area (Å²) in [5.41, 5.74) is 0.884. The highest BCUT2D eigenvalue weighted by atomic mass is 16.6. The fourth-order valence-electron chi connectivity index (χ4n) is 1.76. The Balaban J connectivity index is 1.86. The maximum atomic E-state index is 11.6. The second-order valence-electron chi connectivity index (χ2n) is 4.00. The van der Waals surface area contributed by atoms with E-state index in [2.05, 4.69) is 0 Å². The van der Waals surface area contributed by atoms with Crippen LogP contribution in [0.3, 0.4) is 0 Å². The standard InChI is InChI=1S/C12H15NO4/c14-10-6-7-13(11(10)15)12(16)17-8-9-4-2-1-3-5-9/h1-5,10-11,14-15H,6-8H2/t10-,11-/m1/s1. The number of hydrogen-bond acceptors (Lipinski definition) is 4. The number of nitrogens with zero attached hydrogens (tertiary/aromatic N) is 1. The molecule has 1 heterocycles. The van der Waals surface area contributed by atoms with Crippen molar-refractivity contribution in [1.82, 2.24) is 4.90 Å². The van der Waals surface area contributed by atoms with E-state index < -0.39 is 18.4 Å². The molecule has 0 aromatic heterocycles. The first-order chi connectivity index (χ1) is 8.18. The Labute approximate surface area is 99.2 Å². The van der Waals surface area contributed by atoms with Gasteiger partial charge >= 0.3 is 6.09 Å². The molecule has 2 N–H and O–H groups in total. The minimum atomic E-state index is -1.15. The van der Waals surface area contributed by atoms with E-state index in [1.54, 1.807) is 0 Å². The van der Waals surface area contributed by atoms with Crippen molar-refractivity contribution in [3.63, 3.8) is 0 Å². The zero-order chi connectivity index (χ0) is 12.3. The van der Waals surface area contributed by atoms with Gasteiger partial charge in [-0.3, -0.25) is 4.90 Å². The van der Waals surface area contributed by atoms with Gasteiger partial charge in [0.1, 0.15) is 12.7 Å². The Morgan fingerprint density at radius 2 is 2.06 bits per heavy atom. The molecule has 0 spiro atoms. The fraction of sp³-hybridized carbons (Fsp3) is 0.417. The van der Waals surface area contributed by atoms with Crippen molar-refractivity contribution < 1.29 is 19.7 Å². The molecule has 5 heteroatoms. The number of hydrogen-bond donors (Lipinski definition) is 2. The second-order valence-corrected chi connectivity index (χ2v) is 4.00. The number of amides is 1. The summed E-state index contributed by atoms with van der Waals surface area (Å²) in [6.45, 7) is 0.481. The van der Waals surface area contributed by atoms with Crippen LogP contribution in [0, 0.1) is 0 Å². The van der Waals surface area contributed by atoms with E-state index >= 15 is 0 Å². The molecular weight excluding hydrogens is 222 g/mol.